The summed E-state index contributed by atoms with van der Waals surface area (Å²) >= 11 is 7.83. The topological polar surface area (TPSA) is 110 Å². The van der Waals surface area contributed by atoms with Gasteiger partial charge in [-0.15, -0.1) is 11.3 Å². The van der Waals surface area contributed by atoms with E-state index >= 15 is 0 Å². The molecule has 0 aliphatic rings. The van der Waals surface area contributed by atoms with Gasteiger partial charge in [0.2, 0.25) is 15.9 Å². The highest BCUT2D eigenvalue weighted by atomic mass is 35.5. The molecule has 0 fully saturated rings. The van der Waals surface area contributed by atoms with Crippen molar-refractivity contribution in [3.63, 3.8) is 0 Å². The summed E-state index contributed by atoms with van der Waals surface area (Å²) in [7, 11) is -1.13. The van der Waals surface area contributed by atoms with E-state index in [9.17, 15) is 18.4 Å². The molecule has 0 saturated carbocycles. The molecule has 0 atom stereocenters. The van der Waals surface area contributed by atoms with Crippen LogP contribution in [0.5, 0.6) is 5.75 Å². The number of methoxy groups -OCH3 is 1. The van der Waals surface area contributed by atoms with Crippen LogP contribution in [0.3, 0.4) is 0 Å². The number of thiophene rings is 1. The molecule has 3 N–H and O–H groups in total. The number of carbonyl (C=O) groups is 1. The van der Waals surface area contributed by atoms with Gasteiger partial charge in [-0.1, -0.05) is 35.9 Å². The number of rotatable bonds is 8. The molecule has 170 valence electrons. The standard InChI is InChI=1S/C22H23ClN2O5S2/c1-25(27)21(26)9-5-7-19-22(14-10-11-18(30-2)17(23)12-14)16(13-31-19)15-6-3-4-8-20(15)32(24,28)29/h3-4,6,8,10-13,27H,5,7,9H2,1-2H3,(H2,24,28,29). The van der Waals surface area contributed by atoms with Crippen LogP contribution in [0.15, 0.2) is 52.7 Å². The van der Waals surface area contributed by atoms with E-state index in [1.807, 2.05) is 11.4 Å². The number of nitrogens with zero attached hydrogens (tertiary/aromatic N) is 1. The van der Waals surface area contributed by atoms with Gasteiger partial charge in [-0.05, 0) is 42.0 Å². The SMILES string of the molecule is COc1ccc(-c2c(-c3ccccc3S(N)(=O)=O)csc2CCCC(=O)N(C)O)cc1Cl. The lowest BCUT2D eigenvalue weighted by Crippen LogP contribution is -2.22. The number of ether oxygens (including phenoxy) is 1. The zero-order valence-electron chi connectivity index (χ0n) is 17.5. The van der Waals surface area contributed by atoms with Crippen molar-refractivity contribution in [2.75, 3.05) is 14.2 Å². The molecular formula is C22H23ClN2O5S2. The monoisotopic (exact) mass is 494 g/mol. The smallest absolute Gasteiger partial charge is 0.245 e. The third kappa shape index (κ3) is 5.31. The van der Waals surface area contributed by atoms with E-state index < -0.39 is 10.0 Å². The van der Waals surface area contributed by atoms with E-state index in [1.54, 1.807) is 30.3 Å². The number of primary sulfonamides is 1. The van der Waals surface area contributed by atoms with Crippen molar-refractivity contribution in [2.45, 2.75) is 24.2 Å². The van der Waals surface area contributed by atoms with Crippen LogP contribution in [0.1, 0.15) is 17.7 Å². The van der Waals surface area contributed by atoms with E-state index in [1.165, 1.54) is 31.6 Å². The van der Waals surface area contributed by atoms with Crippen LogP contribution in [0.4, 0.5) is 0 Å². The van der Waals surface area contributed by atoms with Crippen LogP contribution in [0.25, 0.3) is 22.3 Å². The first-order valence-corrected chi connectivity index (χ1v) is 12.5. The minimum Gasteiger partial charge on any atom is -0.495 e. The first kappa shape index (κ1) is 24.2. The number of hydrogen-bond acceptors (Lipinski definition) is 6. The number of carbonyl (C=O) groups excluding carboxylic acids is 1. The van der Waals surface area contributed by atoms with Crippen molar-refractivity contribution in [3.8, 4) is 28.0 Å². The van der Waals surface area contributed by atoms with Crippen LogP contribution in [0, 0.1) is 0 Å². The molecule has 3 rings (SSSR count). The van der Waals surface area contributed by atoms with Gasteiger partial charge < -0.3 is 4.74 Å². The van der Waals surface area contributed by atoms with Crippen molar-refractivity contribution in [3.05, 3.63) is 57.7 Å². The summed E-state index contributed by atoms with van der Waals surface area (Å²) in [6.07, 6.45) is 1.25. The molecule has 1 aromatic heterocycles. The number of amides is 1. The molecule has 0 aliphatic carbocycles. The molecular weight excluding hydrogens is 472 g/mol. The Balaban J connectivity index is 2.13. The first-order chi connectivity index (χ1) is 15.1. The number of hydrogen-bond donors (Lipinski definition) is 2. The summed E-state index contributed by atoms with van der Waals surface area (Å²) in [6, 6.07) is 11.9. The number of sulfonamides is 1. The molecule has 1 heterocycles. The molecule has 3 aromatic rings. The third-order valence-electron chi connectivity index (χ3n) is 4.95. The van der Waals surface area contributed by atoms with Crippen LogP contribution < -0.4 is 9.88 Å². The van der Waals surface area contributed by atoms with Crippen LogP contribution in [-0.4, -0.2) is 38.8 Å². The number of nitrogens with two attached hydrogens (primary N) is 1. The zero-order chi connectivity index (χ0) is 23.5. The number of aryl methyl sites for hydroxylation is 1. The highest BCUT2D eigenvalue weighted by molar-refractivity contribution is 7.89. The maximum absolute atomic E-state index is 12.2. The quantitative estimate of drug-likeness (QED) is 0.352. The summed E-state index contributed by atoms with van der Waals surface area (Å²) in [4.78, 5) is 12.7. The second-order valence-electron chi connectivity index (χ2n) is 7.11. The highest BCUT2D eigenvalue weighted by Gasteiger charge is 2.22. The summed E-state index contributed by atoms with van der Waals surface area (Å²) < 4.78 is 29.7. The molecule has 0 aliphatic heterocycles. The lowest BCUT2D eigenvalue weighted by molar-refractivity contribution is -0.159. The minimum atomic E-state index is -3.95. The van der Waals surface area contributed by atoms with Gasteiger partial charge in [0.15, 0.2) is 0 Å². The fourth-order valence-electron chi connectivity index (χ4n) is 3.42. The van der Waals surface area contributed by atoms with E-state index in [0.29, 0.717) is 39.8 Å². The van der Waals surface area contributed by atoms with Gasteiger partial charge in [0.1, 0.15) is 5.75 Å². The normalized spacial score (nSPS) is 11.4. The Labute approximate surface area is 196 Å². The summed E-state index contributed by atoms with van der Waals surface area (Å²) in [5, 5.41) is 17.6. The van der Waals surface area contributed by atoms with Gasteiger partial charge in [-0.3, -0.25) is 10.0 Å². The molecule has 0 unspecified atom stereocenters. The molecule has 7 nitrogen and oxygen atoms in total. The van der Waals surface area contributed by atoms with Gasteiger partial charge in [0, 0.05) is 35.0 Å². The number of benzene rings is 2. The van der Waals surface area contributed by atoms with E-state index in [2.05, 4.69) is 0 Å². The fourth-order valence-corrected chi connectivity index (χ4v) is 5.54. The minimum absolute atomic E-state index is 0.0299. The Morgan fingerprint density at radius 3 is 2.56 bits per heavy atom. The molecule has 32 heavy (non-hydrogen) atoms. The van der Waals surface area contributed by atoms with Gasteiger partial charge in [0.05, 0.1) is 17.0 Å². The van der Waals surface area contributed by atoms with Crippen LogP contribution >= 0.6 is 22.9 Å². The largest absolute Gasteiger partial charge is 0.495 e. The Morgan fingerprint density at radius 1 is 1.22 bits per heavy atom. The Hall–Kier alpha value is -2.43. The van der Waals surface area contributed by atoms with Gasteiger partial charge in [-0.25, -0.2) is 18.6 Å². The molecule has 0 spiro atoms. The molecule has 0 radical (unpaired) electrons. The summed E-state index contributed by atoms with van der Waals surface area (Å²) in [5.74, 6) is 0.144. The van der Waals surface area contributed by atoms with E-state index in [4.69, 9.17) is 21.5 Å². The average molecular weight is 495 g/mol. The maximum atomic E-state index is 12.2. The predicted octanol–water partition coefficient (Wildman–Crippen LogP) is 4.56. The van der Waals surface area contributed by atoms with E-state index in [-0.39, 0.29) is 17.2 Å². The lowest BCUT2D eigenvalue weighted by Gasteiger charge is -2.13. The van der Waals surface area contributed by atoms with Crippen molar-refractivity contribution >= 4 is 38.9 Å². The number of halogens is 1. The number of hydroxylamine groups is 2. The Kier molecular flexibility index (Phi) is 7.58. The van der Waals surface area contributed by atoms with Gasteiger partial charge in [0.25, 0.3) is 0 Å². The summed E-state index contributed by atoms with van der Waals surface area (Å²) in [6.45, 7) is 0. The second-order valence-corrected chi connectivity index (χ2v) is 10.0. The lowest BCUT2D eigenvalue weighted by atomic mass is 9.95. The Morgan fingerprint density at radius 2 is 1.94 bits per heavy atom. The second kappa shape index (κ2) is 10.0. The van der Waals surface area contributed by atoms with Gasteiger partial charge >= 0.3 is 0 Å². The van der Waals surface area contributed by atoms with Gasteiger partial charge in [-0.2, -0.15) is 0 Å². The van der Waals surface area contributed by atoms with Crippen LogP contribution in [-0.2, 0) is 21.2 Å². The molecule has 0 bridgehead atoms. The molecule has 0 saturated heterocycles. The fraction of sp³-hybridized carbons (Fsp3) is 0.227. The van der Waals surface area contributed by atoms with Crippen LogP contribution in [0.2, 0.25) is 5.02 Å². The summed E-state index contributed by atoms with van der Waals surface area (Å²) in [5.41, 5.74) is 2.81. The van der Waals surface area contributed by atoms with E-state index in [0.717, 1.165) is 16.0 Å². The molecule has 2 aromatic carbocycles. The van der Waals surface area contributed by atoms with Crippen molar-refractivity contribution < 1.29 is 23.2 Å². The zero-order valence-corrected chi connectivity index (χ0v) is 19.9. The molecule has 10 heteroatoms. The average Bonchev–Trinajstić information content (AvgIpc) is 3.16. The van der Waals surface area contributed by atoms with Crippen molar-refractivity contribution in [1.29, 1.82) is 0 Å². The first-order valence-electron chi connectivity index (χ1n) is 9.65. The highest BCUT2D eigenvalue weighted by Crippen LogP contribution is 2.43. The maximum Gasteiger partial charge on any atom is 0.245 e. The van der Waals surface area contributed by atoms with Crippen molar-refractivity contribution in [1.82, 2.24) is 5.06 Å². The third-order valence-corrected chi connectivity index (χ3v) is 7.26. The van der Waals surface area contributed by atoms with Crippen molar-refractivity contribution in [2.24, 2.45) is 5.14 Å². The predicted molar refractivity (Wildman–Crippen MR) is 126 cm³/mol. The molecule has 1 amide bonds. The Bertz CT molecular complexity index is 1240.